The third-order valence-electron chi connectivity index (χ3n) is 3.75. The second-order valence-corrected chi connectivity index (χ2v) is 5.21. The minimum Gasteiger partial charge on any atom is -0.325 e. The maximum absolute atomic E-state index is 11.9. The van der Waals surface area contributed by atoms with Crippen LogP contribution in [0.1, 0.15) is 55.3 Å². The first-order valence-corrected chi connectivity index (χ1v) is 6.78. The molecule has 2 atom stereocenters. The molecule has 1 aromatic rings. The van der Waals surface area contributed by atoms with Crippen LogP contribution in [0.25, 0.3) is 0 Å². The van der Waals surface area contributed by atoms with E-state index in [1.54, 1.807) is 0 Å². The zero-order valence-electron chi connectivity index (χ0n) is 11.0. The van der Waals surface area contributed by atoms with Crippen molar-refractivity contribution in [1.29, 1.82) is 0 Å². The van der Waals surface area contributed by atoms with E-state index in [1.165, 1.54) is 0 Å². The molecular weight excluding hydrogens is 248 g/mol. The molecular formula is C14H19ClN2O. The molecule has 0 spiro atoms. The van der Waals surface area contributed by atoms with Gasteiger partial charge in [0.25, 0.3) is 0 Å². The van der Waals surface area contributed by atoms with Gasteiger partial charge in [-0.15, -0.1) is 0 Å². The zero-order valence-corrected chi connectivity index (χ0v) is 11.8. The van der Waals surface area contributed by atoms with Crippen LogP contribution in [0.2, 0.25) is 5.02 Å². The van der Waals surface area contributed by atoms with Crippen LogP contribution >= 0.6 is 11.6 Å². The number of anilines is 1. The number of halogens is 1. The summed E-state index contributed by atoms with van der Waals surface area (Å²) in [6, 6.07) is 1.93. The van der Waals surface area contributed by atoms with E-state index in [9.17, 15) is 4.79 Å². The fourth-order valence-corrected chi connectivity index (χ4v) is 2.82. The topological polar surface area (TPSA) is 55.1 Å². The van der Waals surface area contributed by atoms with Gasteiger partial charge in [-0.25, -0.2) is 0 Å². The Bertz CT molecular complexity index is 499. The number of nitrogens with one attached hydrogen (secondary N) is 1. The molecule has 1 heterocycles. The first kappa shape index (κ1) is 13.4. The van der Waals surface area contributed by atoms with Crippen molar-refractivity contribution in [3.63, 3.8) is 0 Å². The Kier molecular flexibility index (Phi) is 3.64. The Balaban J connectivity index is 2.60. The zero-order chi connectivity index (χ0) is 13.4. The molecule has 0 bridgehead atoms. The molecule has 0 fully saturated rings. The first-order chi connectivity index (χ1) is 8.51. The van der Waals surface area contributed by atoms with Crippen LogP contribution in [0.5, 0.6) is 0 Å². The van der Waals surface area contributed by atoms with E-state index in [0.29, 0.717) is 5.02 Å². The summed E-state index contributed by atoms with van der Waals surface area (Å²) >= 11 is 6.36. The summed E-state index contributed by atoms with van der Waals surface area (Å²) in [5.41, 5.74) is 9.89. The Morgan fingerprint density at radius 3 is 2.72 bits per heavy atom. The van der Waals surface area contributed by atoms with Crippen LogP contribution in [0.3, 0.4) is 0 Å². The summed E-state index contributed by atoms with van der Waals surface area (Å²) in [6.07, 6.45) is 1.62. The molecule has 18 heavy (non-hydrogen) atoms. The van der Waals surface area contributed by atoms with Crippen LogP contribution in [0, 0.1) is 6.92 Å². The third kappa shape index (κ3) is 1.91. The minimum atomic E-state index is -0.0743. The molecule has 0 radical (unpaired) electrons. The summed E-state index contributed by atoms with van der Waals surface area (Å²) in [5, 5.41) is 3.61. The molecule has 3 nitrogen and oxygen atoms in total. The number of amides is 1. The molecule has 1 aliphatic rings. The van der Waals surface area contributed by atoms with Crippen molar-refractivity contribution in [3.05, 3.63) is 27.8 Å². The molecule has 2 rings (SSSR count). The van der Waals surface area contributed by atoms with Crippen molar-refractivity contribution in [3.8, 4) is 0 Å². The van der Waals surface area contributed by atoms with Crippen LogP contribution < -0.4 is 11.1 Å². The standard InChI is InChI=1S/C14H19ClN2O/c1-4-8-9-6-10(11(16)5-2)12(15)7(3)13(9)17-14(8)18/h6,8,11H,4-5,16H2,1-3H3,(H,17,18). The van der Waals surface area contributed by atoms with Gasteiger partial charge in [0.2, 0.25) is 5.91 Å². The summed E-state index contributed by atoms with van der Waals surface area (Å²) in [7, 11) is 0. The van der Waals surface area contributed by atoms with E-state index >= 15 is 0 Å². The second kappa shape index (κ2) is 4.90. The number of rotatable bonds is 3. The molecule has 2 unspecified atom stereocenters. The maximum atomic E-state index is 11.9. The minimum absolute atomic E-state index is 0.0638. The molecule has 1 aromatic carbocycles. The van der Waals surface area contributed by atoms with Gasteiger partial charge >= 0.3 is 0 Å². The number of carbonyl (C=O) groups is 1. The number of hydrogen-bond acceptors (Lipinski definition) is 2. The average Bonchev–Trinajstić information content (AvgIpc) is 2.68. The van der Waals surface area contributed by atoms with Gasteiger partial charge in [0.1, 0.15) is 0 Å². The average molecular weight is 267 g/mol. The smallest absolute Gasteiger partial charge is 0.232 e. The molecule has 0 saturated heterocycles. The third-order valence-corrected chi connectivity index (χ3v) is 4.25. The number of hydrogen-bond donors (Lipinski definition) is 2. The largest absolute Gasteiger partial charge is 0.325 e. The second-order valence-electron chi connectivity index (χ2n) is 4.83. The van der Waals surface area contributed by atoms with Gasteiger partial charge < -0.3 is 11.1 Å². The molecule has 1 aliphatic heterocycles. The highest BCUT2D eigenvalue weighted by molar-refractivity contribution is 6.33. The van der Waals surface area contributed by atoms with Gasteiger partial charge in [-0.05, 0) is 42.5 Å². The lowest BCUT2D eigenvalue weighted by atomic mass is 9.92. The van der Waals surface area contributed by atoms with Crippen LogP contribution in [-0.2, 0) is 4.79 Å². The number of fused-ring (bicyclic) bond motifs is 1. The molecule has 4 heteroatoms. The predicted molar refractivity (Wildman–Crippen MR) is 75.1 cm³/mol. The van der Waals surface area contributed by atoms with Crippen molar-refractivity contribution in [2.75, 3.05) is 5.32 Å². The molecule has 1 amide bonds. The monoisotopic (exact) mass is 266 g/mol. The lowest BCUT2D eigenvalue weighted by Gasteiger charge is -2.17. The lowest BCUT2D eigenvalue weighted by Crippen LogP contribution is -2.11. The van der Waals surface area contributed by atoms with Gasteiger partial charge in [-0.3, -0.25) is 4.79 Å². The molecule has 3 N–H and O–H groups in total. The Hall–Kier alpha value is -1.06. The molecule has 98 valence electrons. The summed E-state index contributed by atoms with van der Waals surface area (Å²) in [6.45, 7) is 5.98. The first-order valence-electron chi connectivity index (χ1n) is 6.40. The Morgan fingerprint density at radius 2 is 2.17 bits per heavy atom. The van der Waals surface area contributed by atoms with Crippen molar-refractivity contribution in [1.82, 2.24) is 0 Å². The summed E-state index contributed by atoms with van der Waals surface area (Å²) < 4.78 is 0. The van der Waals surface area contributed by atoms with E-state index in [-0.39, 0.29) is 17.9 Å². The SMILES string of the molecule is CCC(N)c1cc2c(c(C)c1Cl)NC(=O)C2CC. The predicted octanol–water partition coefficient (Wildman–Crippen LogP) is 3.50. The quantitative estimate of drug-likeness (QED) is 0.880. The van der Waals surface area contributed by atoms with E-state index in [4.69, 9.17) is 17.3 Å². The number of nitrogens with two attached hydrogens (primary N) is 1. The van der Waals surface area contributed by atoms with Crippen LogP contribution in [0.4, 0.5) is 5.69 Å². The van der Waals surface area contributed by atoms with Gasteiger partial charge in [0.15, 0.2) is 0 Å². The van der Waals surface area contributed by atoms with Gasteiger partial charge in [-0.1, -0.05) is 25.4 Å². The van der Waals surface area contributed by atoms with E-state index < -0.39 is 0 Å². The fourth-order valence-electron chi connectivity index (χ4n) is 2.53. The highest BCUT2D eigenvalue weighted by atomic mass is 35.5. The fraction of sp³-hybridized carbons (Fsp3) is 0.500. The Morgan fingerprint density at radius 1 is 1.50 bits per heavy atom. The normalized spacial score (nSPS) is 19.6. The van der Waals surface area contributed by atoms with Gasteiger partial charge in [0, 0.05) is 11.7 Å². The van der Waals surface area contributed by atoms with Crippen LogP contribution in [-0.4, -0.2) is 5.91 Å². The van der Waals surface area contributed by atoms with E-state index in [1.807, 2.05) is 26.8 Å². The van der Waals surface area contributed by atoms with Crippen molar-refractivity contribution < 1.29 is 4.79 Å². The van der Waals surface area contributed by atoms with Gasteiger partial charge in [-0.2, -0.15) is 0 Å². The van der Waals surface area contributed by atoms with Crippen molar-refractivity contribution in [2.45, 2.75) is 45.6 Å². The van der Waals surface area contributed by atoms with E-state index in [2.05, 4.69) is 5.32 Å². The Labute approximate surface area is 113 Å². The molecule has 0 saturated carbocycles. The lowest BCUT2D eigenvalue weighted by molar-refractivity contribution is -0.117. The van der Waals surface area contributed by atoms with E-state index in [0.717, 1.165) is 35.2 Å². The van der Waals surface area contributed by atoms with Crippen molar-refractivity contribution in [2.24, 2.45) is 5.73 Å². The number of benzene rings is 1. The van der Waals surface area contributed by atoms with Crippen LogP contribution in [0.15, 0.2) is 6.07 Å². The van der Waals surface area contributed by atoms with Gasteiger partial charge in [0.05, 0.1) is 10.9 Å². The highest BCUT2D eigenvalue weighted by Gasteiger charge is 2.32. The van der Waals surface area contributed by atoms with Crippen molar-refractivity contribution >= 4 is 23.2 Å². The highest BCUT2D eigenvalue weighted by Crippen LogP contribution is 2.42. The molecule has 0 aromatic heterocycles. The maximum Gasteiger partial charge on any atom is 0.232 e. The number of carbonyl (C=O) groups excluding carboxylic acids is 1. The molecule has 0 aliphatic carbocycles. The summed E-state index contributed by atoms with van der Waals surface area (Å²) in [4.78, 5) is 11.9. The summed E-state index contributed by atoms with van der Waals surface area (Å²) in [5.74, 6) is -0.00680.